The molecule has 0 aliphatic heterocycles. The number of allylic oxidation sites excluding steroid dienone is 5. The summed E-state index contributed by atoms with van der Waals surface area (Å²) in [6.45, 7) is 4.79. The summed E-state index contributed by atoms with van der Waals surface area (Å²) >= 11 is 0. The van der Waals surface area contributed by atoms with E-state index in [0.29, 0.717) is 37.8 Å². The zero-order valence-corrected chi connectivity index (χ0v) is 28.9. The van der Waals surface area contributed by atoms with Gasteiger partial charge in [-0.3, -0.25) is 14.4 Å². The second-order valence-corrected chi connectivity index (χ2v) is 12.0. The molecule has 3 amide bonds. The summed E-state index contributed by atoms with van der Waals surface area (Å²) in [5.41, 5.74) is 16.3. The quantitative estimate of drug-likeness (QED) is 0.105. The summed E-state index contributed by atoms with van der Waals surface area (Å²) in [6, 6.07) is 7.97. The molecule has 0 saturated carbocycles. The van der Waals surface area contributed by atoms with Gasteiger partial charge in [0.1, 0.15) is 11.3 Å². The van der Waals surface area contributed by atoms with Crippen LogP contribution in [0.5, 0.6) is 0 Å². The number of benzene rings is 1. The van der Waals surface area contributed by atoms with Crippen LogP contribution in [0.4, 0.5) is 5.82 Å². The van der Waals surface area contributed by atoms with Gasteiger partial charge in [0.05, 0.1) is 44.0 Å². The fraction of sp³-hybridized carbons (Fsp3) is 0.432. The van der Waals surface area contributed by atoms with Crippen LogP contribution in [0.2, 0.25) is 0 Å². The van der Waals surface area contributed by atoms with E-state index in [2.05, 4.69) is 38.5 Å². The molecule has 0 unspecified atom stereocenters. The Hall–Kier alpha value is -5.01. The summed E-state index contributed by atoms with van der Waals surface area (Å²) < 4.78 is 13.2. The number of nitrogens with two attached hydrogens (primary N) is 2. The number of aryl methyl sites for hydroxylation is 2. The molecule has 7 N–H and O–H groups in total. The average molecular weight is 687 g/mol. The molecule has 13 nitrogen and oxygen atoms in total. The van der Waals surface area contributed by atoms with Crippen molar-refractivity contribution in [3.63, 3.8) is 0 Å². The largest absolute Gasteiger partial charge is 0.399 e. The number of nitrogen functional groups attached to an aromatic ring is 1. The molecule has 0 fully saturated rings. The Kier molecular flexibility index (Phi) is 15.5. The minimum Gasteiger partial charge on any atom is -0.399 e. The topological polar surface area (TPSA) is 189 Å². The second kappa shape index (κ2) is 20.5. The molecule has 1 aliphatic carbocycles. The van der Waals surface area contributed by atoms with Crippen LogP contribution in [0.25, 0.3) is 21.9 Å². The Balaban J connectivity index is 1.03. The summed E-state index contributed by atoms with van der Waals surface area (Å²) in [6.07, 6.45) is 16.0. The van der Waals surface area contributed by atoms with Crippen LogP contribution in [-0.2, 0) is 36.8 Å². The molecule has 3 aromatic rings. The molecule has 1 aliphatic rings. The van der Waals surface area contributed by atoms with Gasteiger partial charge in [0.2, 0.25) is 17.7 Å². The number of fused-ring (bicyclic) bond motifs is 3. The first kappa shape index (κ1) is 37.8. The van der Waals surface area contributed by atoms with Crippen LogP contribution >= 0.6 is 0 Å². The van der Waals surface area contributed by atoms with Gasteiger partial charge < -0.3 is 41.5 Å². The van der Waals surface area contributed by atoms with Crippen LogP contribution in [0, 0.1) is 0 Å². The van der Waals surface area contributed by atoms with Crippen molar-refractivity contribution in [2.75, 3.05) is 51.8 Å². The van der Waals surface area contributed by atoms with Crippen LogP contribution in [0.3, 0.4) is 0 Å². The van der Waals surface area contributed by atoms with Gasteiger partial charge in [-0.1, -0.05) is 55.8 Å². The van der Waals surface area contributed by atoms with E-state index >= 15 is 0 Å². The molecule has 268 valence electrons. The molecular weight excluding hydrogens is 636 g/mol. The molecule has 4 rings (SSSR count). The summed E-state index contributed by atoms with van der Waals surface area (Å²) in [7, 11) is 0. The fourth-order valence-corrected chi connectivity index (χ4v) is 5.34. The van der Waals surface area contributed by atoms with Crippen molar-refractivity contribution in [1.29, 1.82) is 0 Å². The van der Waals surface area contributed by atoms with Gasteiger partial charge in [-0.25, -0.2) is 9.97 Å². The number of imidazole rings is 1. The number of nitrogens with one attached hydrogen (secondary N) is 3. The van der Waals surface area contributed by atoms with E-state index in [4.69, 9.17) is 25.9 Å². The number of aromatic nitrogens is 3. The Morgan fingerprint density at radius 1 is 0.820 bits per heavy atom. The predicted octanol–water partition coefficient (Wildman–Crippen LogP) is 3.35. The molecule has 0 bridgehead atoms. The summed E-state index contributed by atoms with van der Waals surface area (Å²) in [4.78, 5) is 45.9. The third kappa shape index (κ3) is 12.1. The van der Waals surface area contributed by atoms with Gasteiger partial charge in [0.25, 0.3) is 0 Å². The van der Waals surface area contributed by atoms with E-state index in [1.807, 2.05) is 42.5 Å². The minimum absolute atomic E-state index is 0.0923. The van der Waals surface area contributed by atoms with Crippen molar-refractivity contribution in [3.05, 3.63) is 77.8 Å². The van der Waals surface area contributed by atoms with Crippen molar-refractivity contribution in [2.45, 2.75) is 58.4 Å². The Morgan fingerprint density at radius 3 is 2.34 bits per heavy atom. The molecule has 0 spiro atoms. The highest BCUT2D eigenvalue weighted by Crippen LogP contribution is 2.29. The fourth-order valence-electron chi connectivity index (χ4n) is 5.34. The highest BCUT2D eigenvalue weighted by molar-refractivity contribution is 6.06. The molecule has 0 saturated heterocycles. The van der Waals surface area contributed by atoms with E-state index in [1.165, 1.54) is 0 Å². The van der Waals surface area contributed by atoms with Crippen LogP contribution in [-0.4, -0.2) is 78.3 Å². The number of carbonyl (C=O) groups is 3. The van der Waals surface area contributed by atoms with Crippen molar-refractivity contribution in [2.24, 2.45) is 5.73 Å². The third-order valence-electron chi connectivity index (χ3n) is 8.03. The Labute approximate surface area is 293 Å². The smallest absolute Gasteiger partial charge is 0.239 e. The predicted molar refractivity (Wildman–Crippen MR) is 196 cm³/mol. The zero-order valence-electron chi connectivity index (χ0n) is 28.9. The number of para-hydroxylation sites is 1. The lowest BCUT2D eigenvalue weighted by Gasteiger charge is -2.11. The zero-order chi connectivity index (χ0) is 35.6. The first-order valence-electron chi connectivity index (χ1n) is 17.4. The van der Waals surface area contributed by atoms with E-state index in [1.54, 1.807) is 12.2 Å². The number of unbranched alkanes of at least 4 members (excludes halogenated alkanes) is 2. The van der Waals surface area contributed by atoms with Gasteiger partial charge in [0.15, 0.2) is 5.82 Å². The van der Waals surface area contributed by atoms with Crippen LogP contribution in [0.15, 0.2) is 72.0 Å². The molecule has 0 atom stereocenters. The monoisotopic (exact) mass is 686 g/mol. The minimum atomic E-state index is -0.270. The molecule has 2 aromatic heterocycles. The van der Waals surface area contributed by atoms with E-state index in [9.17, 15) is 14.4 Å². The van der Waals surface area contributed by atoms with Gasteiger partial charge in [0, 0.05) is 50.0 Å². The summed E-state index contributed by atoms with van der Waals surface area (Å²) in [5.74, 6) is 0.816. The van der Waals surface area contributed by atoms with Crippen molar-refractivity contribution in [3.8, 4) is 0 Å². The third-order valence-corrected chi connectivity index (χ3v) is 8.03. The SMILES string of the molecule is CCCCc1nc2c(N)nc3ccccc3c2n1CCCCNC(=O)CNC(=O)CCOCCOCCC(=O)NCC1=C/C=C\C=C(N)/C=C\1. The van der Waals surface area contributed by atoms with Crippen molar-refractivity contribution < 1.29 is 23.9 Å². The number of rotatable bonds is 21. The normalized spacial score (nSPS) is 16.1. The number of anilines is 1. The molecular formula is C37H50N8O5. The molecule has 1 aromatic carbocycles. The average Bonchev–Trinajstić information content (AvgIpc) is 3.47. The van der Waals surface area contributed by atoms with Crippen LogP contribution in [0.1, 0.15) is 51.3 Å². The molecule has 0 radical (unpaired) electrons. The van der Waals surface area contributed by atoms with Gasteiger partial charge >= 0.3 is 0 Å². The molecule has 13 heteroatoms. The van der Waals surface area contributed by atoms with Crippen LogP contribution < -0.4 is 27.4 Å². The van der Waals surface area contributed by atoms with Crippen molar-refractivity contribution in [1.82, 2.24) is 30.5 Å². The maximum atomic E-state index is 12.3. The lowest BCUT2D eigenvalue weighted by molar-refractivity contribution is -0.126. The number of pyridine rings is 1. The second-order valence-electron chi connectivity index (χ2n) is 12.0. The van der Waals surface area contributed by atoms with Gasteiger partial charge in [-0.2, -0.15) is 0 Å². The lowest BCUT2D eigenvalue weighted by atomic mass is 10.1. The van der Waals surface area contributed by atoms with E-state index in [-0.39, 0.29) is 50.3 Å². The summed E-state index contributed by atoms with van der Waals surface area (Å²) in [5, 5.41) is 9.39. The van der Waals surface area contributed by atoms with Gasteiger partial charge in [-0.15, -0.1) is 0 Å². The maximum absolute atomic E-state index is 12.3. The highest BCUT2D eigenvalue weighted by Gasteiger charge is 2.17. The standard InChI is InChI=1S/C37H50N8O5/c1-2-3-14-31-44-35-36(29-12-6-7-13-30(29)43-37(35)39)45(31)20-9-8-19-40-34(48)26-42-33(47)18-22-50-24-23-49-21-17-32(46)41-25-27-10-4-5-11-28(38)16-15-27/h4-7,10-13,15-16H,2-3,8-9,14,17-26,38H2,1H3,(H2,39,43)(H,40,48)(H,41,46)(H,42,47)/b5-4-,10-4?,11-5?,16-15-,27-10+,27-15?,28-11+,28-16?. The number of ether oxygens (including phenoxy) is 2. The highest BCUT2D eigenvalue weighted by atomic mass is 16.5. The molecule has 2 heterocycles. The van der Waals surface area contributed by atoms with E-state index < -0.39 is 0 Å². The number of carbonyl (C=O) groups excluding carboxylic acids is 3. The van der Waals surface area contributed by atoms with Gasteiger partial charge in [-0.05, 0) is 43.1 Å². The first-order chi connectivity index (χ1) is 24.4. The Bertz CT molecular complexity index is 1730. The number of hydrogen-bond acceptors (Lipinski definition) is 9. The molecule has 50 heavy (non-hydrogen) atoms. The first-order valence-corrected chi connectivity index (χ1v) is 17.4. The maximum Gasteiger partial charge on any atom is 0.239 e. The number of amides is 3. The van der Waals surface area contributed by atoms with Crippen molar-refractivity contribution >= 4 is 45.5 Å². The Morgan fingerprint density at radius 2 is 1.56 bits per heavy atom. The lowest BCUT2D eigenvalue weighted by Crippen LogP contribution is -2.37. The number of hydrogen-bond donors (Lipinski definition) is 5. The number of nitrogens with zero attached hydrogens (tertiary/aromatic N) is 3. The van der Waals surface area contributed by atoms with E-state index in [0.717, 1.165) is 72.0 Å².